The molecule has 0 aliphatic heterocycles. The molecule has 25 heavy (non-hydrogen) atoms. The Hall–Kier alpha value is -2.33. The first kappa shape index (κ1) is 17.5. The Balaban J connectivity index is 1.77. The molecule has 3 rings (SSSR count). The van der Waals surface area contributed by atoms with Crippen LogP contribution in [-0.4, -0.2) is 22.4 Å². The number of imidazole rings is 1. The van der Waals surface area contributed by atoms with E-state index in [2.05, 4.69) is 41.3 Å². The molecular weight excluding hydrogens is 312 g/mol. The van der Waals surface area contributed by atoms with Gasteiger partial charge in [0.05, 0.1) is 7.05 Å². The van der Waals surface area contributed by atoms with E-state index >= 15 is 0 Å². The first-order valence-corrected chi connectivity index (χ1v) is 8.93. The zero-order valence-corrected chi connectivity index (χ0v) is 15.3. The van der Waals surface area contributed by atoms with E-state index in [1.54, 1.807) is 0 Å². The van der Waals surface area contributed by atoms with Crippen molar-refractivity contribution in [1.29, 1.82) is 0 Å². The number of fused-ring (bicyclic) bond motifs is 1. The highest BCUT2D eigenvalue weighted by Crippen LogP contribution is 2.17. The van der Waals surface area contributed by atoms with Crippen molar-refractivity contribution < 1.29 is 14.4 Å². The maximum Gasteiger partial charge on any atom is 0.257 e. The van der Waals surface area contributed by atoms with E-state index in [-0.39, 0.29) is 6.61 Å². The van der Waals surface area contributed by atoms with Crippen LogP contribution >= 0.6 is 0 Å². The second-order valence-corrected chi connectivity index (χ2v) is 6.60. The summed E-state index contributed by atoms with van der Waals surface area (Å²) in [6.07, 6.45) is 1.49. The number of aliphatic hydroxyl groups excluding tert-OH is 1. The van der Waals surface area contributed by atoms with Crippen LogP contribution in [0, 0.1) is 6.92 Å². The van der Waals surface area contributed by atoms with Crippen LogP contribution in [0.2, 0.25) is 0 Å². The zero-order valence-electron chi connectivity index (χ0n) is 15.3. The maximum atomic E-state index is 10.5. The molecule has 0 fully saturated rings. The highest BCUT2D eigenvalue weighted by molar-refractivity contribution is 5.72. The van der Waals surface area contributed by atoms with Crippen LogP contribution in [-0.2, 0) is 20.0 Å². The third-order valence-corrected chi connectivity index (χ3v) is 4.56. The molecule has 3 aromatic rings. The Morgan fingerprint density at radius 1 is 1.12 bits per heavy atom. The Kier molecular flexibility index (Phi) is 5.39. The van der Waals surface area contributed by atoms with Crippen molar-refractivity contribution in [2.75, 3.05) is 6.61 Å². The topological polar surface area (TPSA) is 38.3 Å². The van der Waals surface area contributed by atoms with E-state index in [1.165, 1.54) is 16.9 Å². The number of benzene rings is 2. The number of para-hydroxylation sites is 2. The minimum absolute atomic E-state index is 0.283. The fourth-order valence-electron chi connectivity index (χ4n) is 3.26. The molecule has 4 nitrogen and oxygen atoms in total. The predicted molar refractivity (Wildman–Crippen MR) is 99.8 cm³/mol. The van der Waals surface area contributed by atoms with Crippen LogP contribution in [0.1, 0.15) is 24.7 Å². The van der Waals surface area contributed by atoms with E-state index < -0.39 is 6.10 Å². The van der Waals surface area contributed by atoms with Gasteiger partial charge in [-0.3, -0.25) is 0 Å². The number of nitrogens with zero attached hydrogens (tertiary/aromatic N) is 2. The van der Waals surface area contributed by atoms with Gasteiger partial charge in [-0.25, -0.2) is 9.13 Å². The monoisotopic (exact) mass is 339 g/mol. The smallest absolute Gasteiger partial charge is 0.257 e. The van der Waals surface area contributed by atoms with Crippen molar-refractivity contribution in [2.24, 2.45) is 7.05 Å². The number of rotatable bonds is 7. The summed E-state index contributed by atoms with van der Waals surface area (Å²) < 4.78 is 10.2. The number of hydrogen-bond acceptors (Lipinski definition) is 2. The quantitative estimate of drug-likeness (QED) is 0.672. The van der Waals surface area contributed by atoms with Crippen LogP contribution in [0.25, 0.3) is 11.0 Å². The summed E-state index contributed by atoms with van der Waals surface area (Å²) in [6.45, 7) is 5.04. The third-order valence-electron chi connectivity index (χ3n) is 4.56. The summed E-state index contributed by atoms with van der Waals surface area (Å²) in [7, 11) is 2.10. The molecule has 0 amide bonds. The van der Waals surface area contributed by atoms with Crippen molar-refractivity contribution in [3.63, 3.8) is 0 Å². The van der Waals surface area contributed by atoms with Crippen molar-refractivity contribution in [3.05, 3.63) is 59.9 Å². The molecule has 0 radical (unpaired) electrons. The Labute approximate surface area is 149 Å². The fraction of sp³-hybridized carbons (Fsp3) is 0.381. The van der Waals surface area contributed by atoms with Crippen LogP contribution in [0.5, 0.6) is 5.75 Å². The van der Waals surface area contributed by atoms with E-state index in [0.29, 0.717) is 6.54 Å². The third kappa shape index (κ3) is 3.85. The standard InChI is InChI=1S/C21H27N2O2/c1-4-7-21-22(3)19-8-5-6-9-20(19)23(21)14-17(24)15-25-18-12-10-16(2)11-13-18/h5-6,8-13,17,24H,4,7,14-15H2,1-3H3/q+1. The van der Waals surface area contributed by atoms with Gasteiger partial charge in [0, 0.05) is 6.42 Å². The van der Waals surface area contributed by atoms with Crippen LogP contribution < -0.4 is 9.30 Å². The molecule has 1 heterocycles. The van der Waals surface area contributed by atoms with Gasteiger partial charge in [-0.2, -0.15) is 0 Å². The fourth-order valence-corrected chi connectivity index (χ4v) is 3.26. The lowest BCUT2D eigenvalue weighted by molar-refractivity contribution is -0.654. The zero-order chi connectivity index (χ0) is 17.8. The van der Waals surface area contributed by atoms with Crippen LogP contribution in [0.3, 0.4) is 0 Å². The summed E-state index contributed by atoms with van der Waals surface area (Å²) in [5, 5.41) is 10.5. The Morgan fingerprint density at radius 3 is 2.56 bits per heavy atom. The molecule has 0 saturated heterocycles. The molecule has 4 heteroatoms. The number of hydrogen-bond donors (Lipinski definition) is 1. The second kappa shape index (κ2) is 7.70. The molecule has 1 unspecified atom stereocenters. The SMILES string of the molecule is CCCc1n(CC(O)COc2ccc(C)cc2)c2ccccc2[n+]1C. The summed E-state index contributed by atoms with van der Waals surface area (Å²) in [5.41, 5.74) is 3.55. The largest absolute Gasteiger partial charge is 0.491 e. The molecule has 132 valence electrons. The van der Waals surface area contributed by atoms with Gasteiger partial charge in [-0.1, -0.05) is 36.8 Å². The minimum Gasteiger partial charge on any atom is -0.491 e. The minimum atomic E-state index is -0.562. The molecule has 0 aliphatic carbocycles. The highest BCUT2D eigenvalue weighted by Gasteiger charge is 2.23. The molecular formula is C21H27N2O2+. The van der Waals surface area contributed by atoms with E-state index in [1.807, 2.05) is 37.3 Å². The van der Waals surface area contributed by atoms with E-state index in [4.69, 9.17) is 4.74 Å². The molecule has 0 bridgehead atoms. The average molecular weight is 339 g/mol. The van der Waals surface area contributed by atoms with E-state index in [9.17, 15) is 5.11 Å². The molecule has 1 N–H and O–H groups in total. The van der Waals surface area contributed by atoms with Gasteiger partial charge < -0.3 is 9.84 Å². The van der Waals surface area contributed by atoms with Gasteiger partial charge in [-0.05, 0) is 37.6 Å². The molecule has 0 saturated carbocycles. The number of aromatic nitrogens is 2. The van der Waals surface area contributed by atoms with Gasteiger partial charge in [-0.15, -0.1) is 0 Å². The first-order chi connectivity index (χ1) is 12.1. The number of aryl methyl sites for hydroxylation is 2. The van der Waals surface area contributed by atoms with Crippen molar-refractivity contribution in [2.45, 2.75) is 39.3 Å². The molecule has 0 spiro atoms. The highest BCUT2D eigenvalue weighted by atomic mass is 16.5. The molecule has 2 aromatic carbocycles. The Bertz CT molecular complexity index is 837. The van der Waals surface area contributed by atoms with Gasteiger partial charge in [0.1, 0.15) is 25.0 Å². The lowest BCUT2D eigenvalue weighted by Crippen LogP contribution is -2.34. The Morgan fingerprint density at radius 2 is 1.84 bits per heavy atom. The van der Waals surface area contributed by atoms with Gasteiger partial charge in [0.15, 0.2) is 11.0 Å². The number of aliphatic hydroxyl groups is 1. The lowest BCUT2D eigenvalue weighted by Gasteiger charge is -2.12. The maximum absolute atomic E-state index is 10.5. The molecule has 1 aromatic heterocycles. The van der Waals surface area contributed by atoms with Crippen molar-refractivity contribution in [1.82, 2.24) is 4.57 Å². The van der Waals surface area contributed by atoms with Crippen LogP contribution in [0.15, 0.2) is 48.5 Å². The van der Waals surface area contributed by atoms with Crippen molar-refractivity contribution in [3.8, 4) is 5.75 Å². The van der Waals surface area contributed by atoms with Gasteiger partial charge >= 0.3 is 0 Å². The first-order valence-electron chi connectivity index (χ1n) is 8.93. The second-order valence-electron chi connectivity index (χ2n) is 6.60. The summed E-state index contributed by atoms with van der Waals surface area (Å²) >= 11 is 0. The normalized spacial score (nSPS) is 12.5. The molecule has 1 atom stereocenters. The lowest BCUT2D eigenvalue weighted by atomic mass is 10.2. The summed E-state index contributed by atoms with van der Waals surface area (Å²) in [5.74, 6) is 2.03. The summed E-state index contributed by atoms with van der Waals surface area (Å²) in [4.78, 5) is 0. The van der Waals surface area contributed by atoms with Gasteiger partial charge in [0.2, 0.25) is 0 Å². The predicted octanol–water partition coefficient (Wildman–Crippen LogP) is 3.17. The average Bonchev–Trinajstić information content (AvgIpc) is 2.88. The number of ether oxygens (including phenoxy) is 1. The van der Waals surface area contributed by atoms with Crippen LogP contribution in [0.4, 0.5) is 0 Å². The van der Waals surface area contributed by atoms with Gasteiger partial charge in [0.25, 0.3) is 5.82 Å². The summed E-state index contributed by atoms with van der Waals surface area (Å²) in [6, 6.07) is 16.2. The van der Waals surface area contributed by atoms with Crippen molar-refractivity contribution >= 4 is 11.0 Å². The molecule has 0 aliphatic rings. The van der Waals surface area contributed by atoms with E-state index in [0.717, 1.165) is 24.1 Å².